The first kappa shape index (κ1) is 21.7. The second kappa shape index (κ2) is 10.7. The van der Waals surface area contributed by atoms with Crippen molar-refractivity contribution in [2.24, 2.45) is 10.7 Å². The minimum absolute atomic E-state index is 0.259. The molecule has 0 aliphatic carbocycles. The van der Waals surface area contributed by atoms with Crippen molar-refractivity contribution in [3.8, 4) is 17.4 Å². The normalized spacial score (nSPS) is 11.5. The Hall–Kier alpha value is -4.01. The highest BCUT2D eigenvalue weighted by molar-refractivity contribution is 6.07. The topological polar surface area (TPSA) is 118 Å². The van der Waals surface area contributed by atoms with Crippen LogP contribution in [0.25, 0.3) is 5.57 Å². The predicted molar refractivity (Wildman–Crippen MR) is 117 cm³/mol. The van der Waals surface area contributed by atoms with Gasteiger partial charge in [0, 0.05) is 44.0 Å². The zero-order valence-corrected chi connectivity index (χ0v) is 17.6. The Kier molecular flexibility index (Phi) is 7.47. The number of hydrogen-bond donors (Lipinski definition) is 1. The van der Waals surface area contributed by atoms with Crippen molar-refractivity contribution in [1.29, 1.82) is 0 Å². The maximum Gasteiger partial charge on any atom is 0.257 e. The number of rotatable bonds is 9. The second-order valence-electron chi connectivity index (χ2n) is 6.39. The van der Waals surface area contributed by atoms with Crippen LogP contribution in [-0.2, 0) is 13.0 Å². The third kappa shape index (κ3) is 5.75. The van der Waals surface area contributed by atoms with E-state index in [0.717, 1.165) is 17.0 Å². The van der Waals surface area contributed by atoms with Crippen LogP contribution < -0.4 is 19.9 Å². The molecule has 3 aromatic heterocycles. The first-order valence-corrected chi connectivity index (χ1v) is 9.47. The Morgan fingerprint density at radius 1 is 1.06 bits per heavy atom. The molecule has 0 bridgehead atoms. The first-order valence-electron chi connectivity index (χ1n) is 9.47. The van der Waals surface area contributed by atoms with Crippen LogP contribution in [-0.4, -0.2) is 47.4 Å². The molecule has 0 saturated carbocycles. The maximum atomic E-state index is 5.78. The molecule has 3 aromatic rings. The Bertz CT molecular complexity index is 1070. The molecule has 0 fully saturated rings. The van der Waals surface area contributed by atoms with Crippen molar-refractivity contribution in [1.82, 2.24) is 19.9 Å². The number of ether oxygens (including phenoxy) is 3. The van der Waals surface area contributed by atoms with E-state index >= 15 is 0 Å². The molecule has 3 rings (SSSR count). The number of pyridine rings is 2. The van der Waals surface area contributed by atoms with Crippen molar-refractivity contribution < 1.29 is 14.2 Å². The highest BCUT2D eigenvalue weighted by atomic mass is 16.5. The van der Waals surface area contributed by atoms with E-state index in [2.05, 4.69) is 24.9 Å². The average molecular weight is 420 g/mol. The molecule has 0 amide bonds. The largest absolute Gasteiger partial charge is 0.495 e. The van der Waals surface area contributed by atoms with Gasteiger partial charge in [-0.15, -0.1) is 0 Å². The molecule has 0 aliphatic rings. The van der Waals surface area contributed by atoms with Crippen molar-refractivity contribution in [3.63, 3.8) is 0 Å². The van der Waals surface area contributed by atoms with Crippen LogP contribution in [0.15, 0.2) is 54.0 Å². The Balaban J connectivity index is 1.72. The minimum Gasteiger partial charge on any atom is -0.495 e. The molecular weight excluding hydrogens is 396 g/mol. The fraction of sp³-hybridized carbons (Fsp3) is 0.227. The second-order valence-corrected chi connectivity index (χ2v) is 6.39. The van der Waals surface area contributed by atoms with Crippen molar-refractivity contribution >= 4 is 11.8 Å². The van der Waals surface area contributed by atoms with Gasteiger partial charge >= 0.3 is 0 Å². The third-order valence-electron chi connectivity index (χ3n) is 4.29. The number of allylic oxidation sites excluding steroid dienone is 1. The monoisotopic (exact) mass is 420 g/mol. The number of hydrogen-bond acceptors (Lipinski definition) is 9. The van der Waals surface area contributed by atoms with E-state index < -0.39 is 0 Å². The van der Waals surface area contributed by atoms with E-state index in [0.29, 0.717) is 35.2 Å². The molecule has 0 atom stereocenters. The maximum absolute atomic E-state index is 5.78. The standard InChI is InChI=1S/C22H24N6O3/c1-24-12-16(10-23)21-25-7-6-17(28-21)8-15-9-20(30-3)22(27-11-15)31-14-18-4-5-19(29-2)13-26-18/h4-7,9-13H,8,14,23H2,1-3H3. The molecule has 9 heteroatoms. The molecule has 0 saturated heterocycles. The van der Waals surface area contributed by atoms with Crippen molar-refractivity contribution in [2.75, 3.05) is 21.3 Å². The van der Waals surface area contributed by atoms with E-state index in [4.69, 9.17) is 19.9 Å². The van der Waals surface area contributed by atoms with Crippen LogP contribution in [0, 0.1) is 0 Å². The van der Waals surface area contributed by atoms with E-state index in [1.807, 2.05) is 24.3 Å². The summed E-state index contributed by atoms with van der Waals surface area (Å²) in [6.45, 7) is 0.259. The molecule has 160 valence electrons. The predicted octanol–water partition coefficient (Wildman–Crippen LogP) is 2.45. The van der Waals surface area contributed by atoms with Gasteiger partial charge in [0.15, 0.2) is 11.6 Å². The van der Waals surface area contributed by atoms with Crippen molar-refractivity contribution in [2.45, 2.75) is 13.0 Å². The zero-order valence-electron chi connectivity index (χ0n) is 17.6. The van der Waals surface area contributed by atoms with Gasteiger partial charge in [-0.05, 0) is 29.8 Å². The van der Waals surface area contributed by atoms with Crippen LogP contribution in [0.5, 0.6) is 17.4 Å². The number of aliphatic imine (C=N–C) groups is 1. The highest BCUT2D eigenvalue weighted by Crippen LogP contribution is 2.27. The molecule has 0 aromatic carbocycles. The summed E-state index contributed by atoms with van der Waals surface area (Å²) in [5.74, 6) is 2.12. The summed E-state index contributed by atoms with van der Waals surface area (Å²) in [6, 6.07) is 7.37. The highest BCUT2D eigenvalue weighted by Gasteiger charge is 2.11. The summed E-state index contributed by atoms with van der Waals surface area (Å²) in [5.41, 5.74) is 8.78. The summed E-state index contributed by atoms with van der Waals surface area (Å²) in [6.07, 6.45) is 8.65. The van der Waals surface area contributed by atoms with E-state index in [-0.39, 0.29) is 6.61 Å². The average Bonchev–Trinajstić information content (AvgIpc) is 2.82. The van der Waals surface area contributed by atoms with Crippen LogP contribution in [0.3, 0.4) is 0 Å². The van der Waals surface area contributed by atoms with Gasteiger partial charge in [0.1, 0.15) is 12.4 Å². The summed E-state index contributed by atoms with van der Waals surface area (Å²) < 4.78 is 16.3. The molecule has 0 unspecified atom stereocenters. The number of nitrogens with zero attached hydrogens (tertiary/aromatic N) is 5. The fourth-order valence-corrected chi connectivity index (χ4v) is 2.74. The lowest BCUT2D eigenvalue weighted by molar-refractivity contribution is 0.268. The molecule has 2 N–H and O–H groups in total. The summed E-state index contributed by atoms with van der Waals surface area (Å²) in [5, 5.41) is 0. The van der Waals surface area contributed by atoms with Gasteiger partial charge in [-0.1, -0.05) is 0 Å². The van der Waals surface area contributed by atoms with Gasteiger partial charge < -0.3 is 19.9 Å². The number of methoxy groups -OCH3 is 2. The lowest BCUT2D eigenvalue weighted by Crippen LogP contribution is -2.04. The minimum atomic E-state index is 0.259. The molecule has 0 aliphatic heterocycles. The van der Waals surface area contributed by atoms with Gasteiger partial charge in [-0.2, -0.15) is 0 Å². The Morgan fingerprint density at radius 2 is 1.94 bits per heavy atom. The van der Waals surface area contributed by atoms with Gasteiger partial charge in [-0.25, -0.2) is 15.0 Å². The Labute approximate surface area is 180 Å². The number of nitrogens with two attached hydrogens (primary N) is 1. The quantitative estimate of drug-likeness (QED) is 0.525. The fourth-order valence-electron chi connectivity index (χ4n) is 2.74. The van der Waals surface area contributed by atoms with Gasteiger partial charge in [0.25, 0.3) is 5.88 Å². The van der Waals surface area contributed by atoms with Crippen LogP contribution in [0.2, 0.25) is 0 Å². The van der Waals surface area contributed by atoms with Gasteiger partial charge in [0.2, 0.25) is 0 Å². The van der Waals surface area contributed by atoms with Crippen LogP contribution in [0.1, 0.15) is 22.8 Å². The van der Waals surface area contributed by atoms with Gasteiger partial charge in [-0.3, -0.25) is 9.98 Å². The molecule has 31 heavy (non-hydrogen) atoms. The number of aromatic nitrogens is 4. The van der Waals surface area contributed by atoms with Gasteiger partial charge in [0.05, 0.1) is 31.7 Å². The van der Waals surface area contributed by atoms with E-state index in [1.165, 1.54) is 6.20 Å². The SMILES string of the molecule is CN=CC(=CN)c1nccc(Cc2cnc(OCc3ccc(OC)cn3)c(OC)c2)n1. The molecule has 3 heterocycles. The van der Waals surface area contributed by atoms with Crippen molar-refractivity contribution in [3.05, 3.63) is 71.8 Å². The lowest BCUT2D eigenvalue weighted by Gasteiger charge is -2.11. The molecule has 0 spiro atoms. The third-order valence-corrected chi connectivity index (χ3v) is 4.29. The zero-order chi connectivity index (χ0) is 22.1. The van der Waals surface area contributed by atoms with Crippen LogP contribution >= 0.6 is 0 Å². The Morgan fingerprint density at radius 3 is 2.61 bits per heavy atom. The lowest BCUT2D eigenvalue weighted by atomic mass is 10.1. The van der Waals surface area contributed by atoms with E-state index in [9.17, 15) is 0 Å². The molecule has 0 radical (unpaired) electrons. The molecular formula is C22H24N6O3. The van der Waals surface area contributed by atoms with Crippen LogP contribution in [0.4, 0.5) is 0 Å². The summed E-state index contributed by atoms with van der Waals surface area (Å²) in [7, 11) is 4.84. The molecule has 9 nitrogen and oxygen atoms in total. The smallest absolute Gasteiger partial charge is 0.257 e. The van der Waals surface area contributed by atoms with E-state index in [1.54, 1.807) is 46.1 Å². The summed E-state index contributed by atoms with van der Waals surface area (Å²) in [4.78, 5) is 21.5. The summed E-state index contributed by atoms with van der Waals surface area (Å²) >= 11 is 0. The first-order chi connectivity index (χ1) is 15.2.